The van der Waals surface area contributed by atoms with Crippen LogP contribution in [0.2, 0.25) is 0 Å². The van der Waals surface area contributed by atoms with Crippen molar-refractivity contribution in [3.63, 3.8) is 0 Å². The normalized spacial score (nSPS) is 10.3. The van der Waals surface area contributed by atoms with E-state index < -0.39 is 0 Å². The van der Waals surface area contributed by atoms with E-state index in [9.17, 15) is 0 Å². The lowest BCUT2D eigenvalue weighted by atomic mass is 10.2. The summed E-state index contributed by atoms with van der Waals surface area (Å²) < 4.78 is 5.63. The van der Waals surface area contributed by atoms with Crippen molar-refractivity contribution in [3.8, 4) is 11.8 Å². The lowest BCUT2D eigenvalue weighted by molar-refractivity contribution is 0.261. The van der Waals surface area contributed by atoms with Gasteiger partial charge in [0.05, 0.1) is 18.2 Å². The first-order valence-corrected chi connectivity index (χ1v) is 6.57. The molecular weight excluding hydrogens is 224 g/mol. The van der Waals surface area contributed by atoms with Crippen molar-refractivity contribution in [1.29, 1.82) is 5.26 Å². The highest BCUT2D eigenvalue weighted by Gasteiger charge is 1.99. The van der Waals surface area contributed by atoms with Crippen LogP contribution < -0.4 is 4.74 Å². The fourth-order valence-electron chi connectivity index (χ4n) is 1.72. The van der Waals surface area contributed by atoms with E-state index in [0.717, 1.165) is 25.3 Å². The average molecular weight is 246 g/mol. The third kappa shape index (κ3) is 5.70. The summed E-state index contributed by atoms with van der Waals surface area (Å²) in [7, 11) is 2.14. The molecule has 0 N–H and O–H groups in total. The van der Waals surface area contributed by atoms with Gasteiger partial charge in [0, 0.05) is 6.54 Å². The second kappa shape index (κ2) is 8.54. The van der Waals surface area contributed by atoms with Gasteiger partial charge in [0.2, 0.25) is 0 Å². The fraction of sp³-hybridized carbons (Fsp3) is 0.533. The Balaban J connectivity index is 2.19. The Kier molecular flexibility index (Phi) is 6.90. The van der Waals surface area contributed by atoms with Gasteiger partial charge >= 0.3 is 0 Å². The molecule has 0 saturated heterocycles. The van der Waals surface area contributed by atoms with Gasteiger partial charge in [-0.25, -0.2) is 0 Å². The number of rotatable bonds is 8. The smallest absolute Gasteiger partial charge is 0.120 e. The van der Waals surface area contributed by atoms with Crippen LogP contribution in [0.4, 0.5) is 0 Å². The van der Waals surface area contributed by atoms with Crippen LogP contribution in [0.5, 0.6) is 5.75 Å². The van der Waals surface area contributed by atoms with Crippen molar-refractivity contribution in [3.05, 3.63) is 29.8 Å². The first kappa shape index (κ1) is 14.5. The van der Waals surface area contributed by atoms with Gasteiger partial charge in [-0.15, -0.1) is 0 Å². The molecule has 0 spiro atoms. The highest BCUT2D eigenvalue weighted by molar-refractivity contribution is 5.36. The highest BCUT2D eigenvalue weighted by atomic mass is 16.5. The molecule has 18 heavy (non-hydrogen) atoms. The second-order valence-electron chi connectivity index (χ2n) is 4.50. The number of hydrogen-bond acceptors (Lipinski definition) is 3. The maximum absolute atomic E-state index is 8.78. The molecule has 0 aliphatic carbocycles. The van der Waals surface area contributed by atoms with Crippen LogP contribution in [0.25, 0.3) is 0 Å². The molecule has 1 rings (SSSR count). The van der Waals surface area contributed by atoms with E-state index in [4.69, 9.17) is 10.00 Å². The lowest BCUT2D eigenvalue weighted by Gasteiger charge is -2.16. The number of nitriles is 1. The van der Waals surface area contributed by atoms with Crippen LogP contribution in [0.3, 0.4) is 0 Å². The van der Waals surface area contributed by atoms with Crippen molar-refractivity contribution in [2.75, 3.05) is 26.7 Å². The monoisotopic (exact) mass is 246 g/mol. The Labute approximate surface area is 110 Å². The van der Waals surface area contributed by atoms with Crippen LogP contribution in [0.1, 0.15) is 31.7 Å². The zero-order valence-electron chi connectivity index (χ0n) is 11.4. The third-order valence-electron chi connectivity index (χ3n) is 2.81. The van der Waals surface area contributed by atoms with Gasteiger partial charge in [-0.3, -0.25) is 0 Å². The quantitative estimate of drug-likeness (QED) is 0.661. The van der Waals surface area contributed by atoms with Crippen LogP contribution in [0.15, 0.2) is 24.3 Å². The van der Waals surface area contributed by atoms with Crippen LogP contribution in [-0.2, 0) is 0 Å². The highest BCUT2D eigenvalue weighted by Crippen LogP contribution is 2.12. The number of nitrogens with zero attached hydrogens (tertiary/aromatic N) is 2. The summed E-state index contributed by atoms with van der Waals surface area (Å²) in [6, 6.07) is 9.41. The maximum Gasteiger partial charge on any atom is 0.120 e. The number of ether oxygens (including phenoxy) is 1. The van der Waals surface area contributed by atoms with E-state index in [1.165, 1.54) is 12.8 Å². The van der Waals surface area contributed by atoms with Gasteiger partial charge in [0.25, 0.3) is 0 Å². The minimum Gasteiger partial charge on any atom is -0.494 e. The predicted molar refractivity (Wildman–Crippen MR) is 73.7 cm³/mol. The van der Waals surface area contributed by atoms with Gasteiger partial charge < -0.3 is 9.64 Å². The molecule has 0 saturated carbocycles. The molecule has 0 amide bonds. The fourth-order valence-corrected chi connectivity index (χ4v) is 1.72. The summed E-state index contributed by atoms with van der Waals surface area (Å²) >= 11 is 0. The molecule has 0 fully saturated rings. The summed E-state index contributed by atoms with van der Waals surface area (Å²) in [4.78, 5) is 2.33. The Morgan fingerprint density at radius 2 is 2.06 bits per heavy atom. The zero-order chi connectivity index (χ0) is 13.2. The van der Waals surface area contributed by atoms with Crippen LogP contribution in [-0.4, -0.2) is 31.6 Å². The Hall–Kier alpha value is -1.53. The molecule has 3 nitrogen and oxygen atoms in total. The summed E-state index contributed by atoms with van der Waals surface area (Å²) in [6.45, 7) is 5.11. The molecule has 0 heterocycles. The van der Waals surface area contributed by atoms with Gasteiger partial charge in [0.15, 0.2) is 0 Å². The molecule has 0 aliphatic rings. The molecule has 3 heteroatoms. The predicted octanol–water partition coefficient (Wildman–Crippen LogP) is 3.06. The molecule has 0 bridgehead atoms. The summed E-state index contributed by atoms with van der Waals surface area (Å²) in [5, 5.41) is 8.78. The van der Waals surface area contributed by atoms with E-state index in [1.807, 2.05) is 12.1 Å². The van der Waals surface area contributed by atoms with E-state index in [0.29, 0.717) is 12.2 Å². The maximum atomic E-state index is 8.78. The van der Waals surface area contributed by atoms with Crippen LogP contribution >= 0.6 is 0 Å². The number of unbranched alkanes of at least 4 members (excludes halogenated alkanes) is 1. The van der Waals surface area contributed by atoms with E-state index in [-0.39, 0.29) is 0 Å². The van der Waals surface area contributed by atoms with E-state index >= 15 is 0 Å². The van der Waals surface area contributed by atoms with Crippen LogP contribution in [0, 0.1) is 11.3 Å². The van der Waals surface area contributed by atoms with Gasteiger partial charge in [-0.05, 0) is 44.6 Å². The summed E-state index contributed by atoms with van der Waals surface area (Å²) in [6.07, 6.45) is 3.50. The third-order valence-corrected chi connectivity index (χ3v) is 2.81. The average Bonchev–Trinajstić information content (AvgIpc) is 2.41. The second-order valence-corrected chi connectivity index (χ2v) is 4.50. The molecule has 0 aromatic heterocycles. The Morgan fingerprint density at radius 1 is 1.28 bits per heavy atom. The molecule has 0 unspecified atom stereocenters. The first-order valence-electron chi connectivity index (χ1n) is 6.57. The van der Waals surface area contributed by atoms with Gasteiger partial charge in [-0.1, -0.05) is 19.4 Å². The van der Waals surface area contributed by atoms with E-state index in [1.54, 1.807) is 12.1 Å². The largest absolute Gasteiger partial charge is 0.494 e. The minimum atomic E-state index is 0.646. The number of hydrogen-bond donors (Lipinski definition) is 0. The van der Waals surface area contributed by atoms with Crippen molar-refractivity contribution in [1.82, 2.24) is 4.90 Å². The Morgan fingerprint density at radius 3 is 2.78 bits per heavy atom. The molecule has 0 aliphatic heterocycles. The van der Waals surface area contributed by atoms with Crippen molar-refractivity contribution in [2.45, 2.75) is 26.2 Å². The topological polar surface area (TPSA) is 36.3 Å². The molecule has 1 aromatic carbocycles. The minimum absolute atomic E-state index is 0.646. The van der Waals surface area contributed by atoms with Gasteiger partial charge in [0.1, 0.15) is 5.75 Å². The van der Waals surface area contributed by atoms with Crippen molar-refractivity contribution < 1.29 is 4.74 Å². The summed E-state index contributed by atoms with van der Waals surface area (Å²) in [5.41, 5.74) is 0.646. The van der Waals surface area contributed by atoms with Crippen molar-refractivity contribution in [2.24, 2.45) is 0 Å². The van der Waals surface area contributed by atoms with E-state index in [2.05, 4.69) is 24.9 Å². The zero-order valence-corrected chi connectivity index (χ0v) is 11.4. The van der Waals surface area contributed by atoms with Gasteiger partial charge in [-0.2, -0.15) is 5.26 Å². The standard InChI is InChI=1S/C15H22N2O/c1-3-4-9-17(2)10-6-11-18-15-8-5-7-14(12-15)13-16/h5,7-8,12H,3-4,6,9-11H2,1-2H3. The number of benzene rings is 1. The Bertz CT molecular complexity index is 384. The summed E-state index contributed by atoms with van der Waals surface area (Å²) in [5.74, 6) is 0.783. The molecule has 1 aromatic rings. The molecule has 0 atom stereocenters. The van der Waals surface area contributed by atoms with Crippen molar-refractivity contribution >= 4 is 0 Å². The molecule has 98 valence electrons. The lowest BCUT2D eigenvalue weighted by Crippen LogP contribution is -2.22. The molecule has 0 radical (unpaired) electrons. The molecular formula is C15H22N2O. The first-order chi connectivity index (χ1) is 8.76. The SMILES string of the molecule is CCCCN(C)CCCOc1cccc(C#N)c1.